The van der Waals surface area contributed by atoms with Gasteiger partial charge in [0.25, 0.3) is 0 Å². The van der Waals surface area contributed by atoms with Gasteiger partial charge in [0.1, 0.15) is 5.75 Å². The number of benzene rings is 1. The van der Waals surface area contributed by atoms with Crippen LogP contribution in [0.2, 0.25) is 0 Å². The molecule has 0 bridgehead atoms. The number of hydrogen-bond donors (Lipinski definition) is 0. The lowest BCUT2D eigenvalue weighted by Crippen LogP contribution is -2.11. The number of carbonyl (C=O) groups excluding carboxylic acids is 1. The fourth-order valence-electron chi connectivity index (χ4n) is 1.62. The number of hydrogen-bond acceptors (Lipinski definition) is 3. The van der Waals surface area contributed by atoms with Crippen LogP contribution >= 0.6 is 0 Å². The minimum absolute atomic E-state index is 0.679. The van der Waals surface area contributed by atoms with E-state index in [-0.39, 0.29) is 0 Å². The van der Waals surface area contributed by atoms with Crippen LogP contribution < -0.4 is 9.64 Å². The molecule has 1 aliphatic carbocycles. The van der Waals surface area contributed by atoms with Gasteiger partial charge >= 0.3 is 0 Å². The maximum atomic E-state index is 11.0. The average Bonchev–Trinajstić information content (AvgIpc) is 3.09. The van der Waals surface area contributed by atoms with Gasteiger partial charge in [-0.05, 0) is 37.0 Å². The molecule has 0 radical (unpaired) electrons. The highest BCUT2D eigenvalue weighted by molar-refractivity contribution is 5.85. The van der Waals surface area contributed by atoms with Crippen LogP contribution in [0.1, 0.15) is 23.2 Å². The van der Waals surface area contributed by atoms with E-state index in [1.807, 2.05) is 37.2 Å². The van der Waals surface area contributed by atoms with E-state index in [9.17, 15) is 4.79 Å². The van der Waals surface area contributed by atoms with Crippen LogP contribution in [0.3, 0.4) is 0 Å². The lowest BCUT2D eigenvalue weighted by molar-refractivity contribution is 0.112. The van der Waals surface area contributed by atoms with E-state index in [1.165, 1.54) is 12.8 Å². The third kappa shape index (κ3) is 2.54. The number of carbonyl (C=O) groups is 1. The summed E-state index contributed by atoms with van der Waals surface area (Å²) in [4.78, 5) is 12.9. The van der Waals surface area contributed by atoms with Crippen LogP contribution in [0.15, 0.2) is 18.2 Å². The van der Waals surface area contributed by atoms with Gasteiger partial charge in [-0.25, -0.2) is 0 Å². The maximum Gasteiger partial charge on any atom is 0.152 e. The zero-order valence-electron chi connectivity index (χ0n) is 9.77. The highest BCUT2D eigenvalue weighted by Crippen LogP contribution is 2.30. The van der Waals surface area contributed by atoms with Crippen LogP contribution in [0, 0.1) is 5.92 Å². The predicted octanol–water partition coefficient (Wildman–Crippen LogP) is 2.35. The van der Waals surface area contributed by atoms with E-state index in [0.717, 1.165) is 30.2 Å². The number of ether oxygens (including phenoxy) is 1. The van der Waals surface area contributed by atoms with Crippen LogP contribution in [0.5, 0.6) is 5.75 Å². The van der Waals surface area contributed by atoms with Gasteiger partial charge in [0.2, 0.25) is 0 Å². The Morgan fingerprint density at radius 1 is 1.44 bits per heavy atom. The minimum atomic E-state index is 0.679. The second kappa shape index (κ2) is 4.56. The van der Waals surface area contributed by atoms with E-state index in [2.05, 4.69) is 0 Å². The van der Waals surface area contributed by atoms with Crippen LogP contribution in [0.4, 0.5) is 5.69 Å². The first-order chi connectivity index (χ1) is 7.70. The molecule has 0 amide bonds. The Balaban J connectivity index is 2.11. The molecule has 0 heterocycles. The molecule has 0 aromatic heterocycles. The van der Waals surface area contributed by atoms with E-state index in [4.69, 9.17) is 4.74 Å². The van der Waals surface area contributed by atoms with Crippen molar-refractivity contribution in [1.82, 2.24) is 0 Å². The average molecular weight is 219 g/mol. The molecule has 3 heteroatoms. The van der Waals surface area contributed by atoms with Gasteiger partial charge in [0, 0.05) is 25.3 Å². The van der Waals surface area contributed by atoms with Crippen molar-refractivity contribution >= 4 is 12.0 Å². The Labute approximate surface area is 96.0 Å². The molecule has 1 aromatic rings. The molecule has 1 fully saturated rings. The summed E-state index contributed by atoms with van der Waals surface area (Å²) in [6.45, 7) is 0.777. The van der Waals surface area contributed by atoms with Crippen molar-refractivity contribution in [3.8, 4) is 5.75 Å². The van der Waals surface area contributed by atoms with Gasteiger partial charge in [-0.15, -0.1) is 0 Å². The van der Waals surface area contributed by atoms with Crippen LogP contribution in [-0.2, 0) is 0 Å². The van der Waals surface area contributed by atoms with Crippen molar-refractivity contribution in [2.75, 3.05) is 25.6 Å². The van der Waals surface area contributed by atoms with Crippen molar-refractivity contribution in [2.24, 2.45) is 5.92 Å². The molecule has 0 saturated heterocycles. The number of aldehydes is 1. The molecule has 1 aromatic carbocycles. The van der Waals surface area contributed by atoms with Gasteiger partial charge < -0.3 is 9.64 Å². The van der Waals surface area contributed by atoms with E-state index in [1.54, 1.807) is 0 Å². The number of anilines is 1. The zero-order chi connectivity index (χ0) is 11.5. The molecule has 3 nitrogen and oxygen atoms in total. The Hall–Kier alpha value is -1.51. The molecule has 0 N–H and O–H groups in total. The molecule has 0 unspecified atom stereocenters. The van der Waals surface area contributed by atoms with Gasteiger partial charge in [0.15, 0.2) is 6.29 Å². The normalized spacial score (nSPS) is 14.6. The van der Waals surface area contributed by atoms with Gasteiger partial charge in [-0.2, -0.15) is 0 Å². The summed E-state index contributed by atoms with van der Waals surface area (Å²) >= 11 is 0. The maximum absolute atomic E-state index is 11.0. The number of nitrogens with zero attached hydrogens (tertiary/aromatic N) is 1. The summed E-state index contributed by atoms with van der Waals surface area (Å²) in [5, 5.41) is 0. The van der Waals surface area contributed by atoms with Crippen molar-refractivity contribution in [3.05, 3.63) is 23.8 Å². The SMILES string of the molecule is CN(C)c1ccc(OCC2CC2)cc1C=O. The first-order valence-electron chi connectivity index (χ1n) is 5.60. The fraction of sp³-hybridized carbons (Fsp3) is 0.462. The van der Waals surface area contributed by atoms with Crippen molar-refractivity contribution in [3.63, 3.8) is 0 Å². The van der Waals surface area contributed by atoms with E-state index >= 15 is 0 Å². The summed E-state index contributed by atoms with van der Waals surface area (Å²) < 4.78 is 5.63. The van der Waals surface area contributed by atoms with Crippen molar-refractivity contribution in [1.29, 1.82) is 0 Å². The van der Waals surface area contributed by atoms with Gasteiger partial charge in [0.05, 0.1) is 6.61 Å². The molecule has 0 spiro atoms. The Bertz CT molecular complexity index is 384. The monoisotopic (exact) mass is 219 g/mol. The van der Waals surface area contributed by atoms with E-state index in [0.29, 0.717) is 5.56 Å². The van der Waals surface area contributed by atoms with Crippen LogP contribution in [0.25, 0.3) is 0 Å². The second-order valence-corrected chi connectivity index (χ2v) is 4.49. The highest BCUT2D eigenvalue weighted by atomic mass is 16.5. The third-order valence-corrected chi connectivity index (χ3v) is 2.79. The molecule has 1 aliphatic rings. The predicted molar refractivity (Wildman–Crippen MR) is 64.4 cm³/mol. The standard InChI is InChI=1S/C13H17NO2/c1-14(2)13-6-5-12(7-11(13)8-15)16-9-10-3-4-10/h5-8,10H,3-4,9H2,1-2H3. The quantitative estimate of drug-likeness (QED) is 0.712. The van der Waals surface area contributed by atoms with Crippen molar-refractivity contribution < 1.29 is 9.53 Å². The molecule has 86 valence electrons. The zero-order valence-corrected chi connectivity index (χ0v) is 9.77. The second-order valence-electron chi connectivity index (χ2n) is 4.49. The molecule has 0 aliphatic heterocycles. The summed E-state index contributed by atoms with van der Waals surface area (Å²) in [7, 11) is 3.85. The lowest BCUT2D eigenvalue weighted by atomic mass is 10.1. The molecule has 2 rings (SSSR count). The summed E-state index contributed by atoms with van der Waals surface area (Å²) in [5.41, 5.74) is 1.60. The topological polar surface area (TPSA) is 29.5 Å². The summed E-state index contributed by atoms with van der Waals surface area (Å²) in [6.07, 6.45) is 3.42. The fourth-order valence-corrected chi connectivity index (χ4v) is 1.62. The molecule has 1 saturated carbocycles. The van der Waals surface area contributed by atoms with E-state index < -0.39 is 0 Å². The Morgan fingerprint density at radius 3 is 2.75 bits per heavy atom. The Morgan fingerprint density at radius 2 is 2.19 bits per heavy atom. The smallest absolute Gasteiger partial charge is 0.152 e. The molecular formula is C13H17NO2. The van der Waals surface area contributed by atoms with Crippen molar-refractivity contribution in [2.45, 2.75) is 12.8 Å². The largest absolute Gasteiger partial charge is 0.493 e. The Kier molecular flexibility index (Phi) is 3.13. The summed E-state index contributed by atoms with van der Waals surface area (Å²) in [6, 6.07) is 5.65. The first-order valence-corrected chi connectivity index (χ1v) is 5.60. The molecule has 16 heavy (non-hydrogen) atoms. The van der Waals surface area contributed by atoms with Crippen LogP contribution in [-0.4, -0.2) is 27.0 Å². The number of rotatable bonds is 5. The minimum Gasteiger partial charge on any atom is -0.493 e. The molecule has 0 atom stereocenters. The summed E-state index contributed by atoms with van der Waals surface area (Å²) in [5.74, 6) is 1.52. The van der Waals surface area contributed by atoms with Gasteiger partial charge in [-0.1, -0.05) is 0 Å². The first kappa shape index (κ1) is 11.0. The molecular weight excluding hydrogens is 202 g/mol. The third-order valence-electron chi connectivity index (χ3n) is 2.79. The lowest BCUT2D eigenvalue weighted by Gasteiger charge is -2.15. The highest BCUT2D eigenvalue weighted by Gasteiger charge is 2.22. The van der Waals surface area contributed by atoms with Gasteiger partial charge in [-0.3, -0.25) is 4.79 Å².